The molecule has 152 valence electrons. The maximum Gasteiger partial charge on any atom is 0.338 e. The Balaban J connectivity index is 1.94. The molecule has 0 bridgehead atoms. The molecule has 1 atom stereocenters. The lowest BCUT2D eigenvalue weighted by Crippen LogP contribution is -2.47. The van der Waals surface area contributed by atoms with Gasteiger partial charge < -0.3 is 24.8 Å². The smallest absolute Gasteiger partial charge is 0.338 e. The number of amides is 2. The Bertz CT molecular complexity index is 910. The first-order chi connectivity index (χ1) is 14.0. The Morgan fingerprint density at radius 3 is 2.34 bits per heavy atom. The summed E-state index contributed by atoms with van der Waals surface area (Å²) in [7, 11) is 1.57. The normalized spacial score (nSPS) is 16.0. The fourth-order valence-electron chi connectivity index (χ4n) is 2.91. The number of carbonyl (C=O) groups excluding carboxylic acids is 2. The predicted octanol–water partition coefficient (Wildman–Crippen LogP) is 3.71. The average molecular weight is 461 g/mol. The molecule has 8 heteroatoms. The minimum Gasteiger partial charge on any atom is -0.497 e. The Hall–Kier alpha value is -3.00. The van der Waals surface area contributed by atoms with Gasteiger partial charge in [-0.2, -0.15) is 0 Å². The zero-order valence-electron chi connectivity index (χ0n) is 16.0. The number of rotatable bonds is 7. The van der Waals surface area contributed by atoms with Crippen LogP contribution < -0.4 is 20.1 Å². The van der Waals surface area contributed by atoms with Crippen LogP contribution in [0, 0.1) is 0 Å². The van der Waals surface area contributed by atoms with E-state index < -0.39 is 18.0 Å². The lowest BCUT2D eigenvalue weighted by atomic mass is 9.95. The Morgan fingerprint density at radius 1 is 1.07 bits per heavy atom. The summed E-state index contributed by atoms with van der Waals surface area (Å²) in [6.07, 6.45) is 0. The van der Waals surface area contributed by atoms with Gasteiger partial charge in [0.25, 0.3) is 0 Å². The summed E-state index contributed by atoms with van der Waals surface area (Å²) >= 11 is 3.37. The van der Waals surface area contributed by atoms with Crippen LogP contribution >= 0.6 is 15.9 Å². The van der Waals surface area contributed by atoms with Gasteiger partial charge in [-0.05, 0) is 48.9 Å². The molecule has 1 aliphatic heterocycles. The highest BCUT2D eigenvalue weighted by molar-refractivity contribution is 9.10. The first kappa shape index (κ1) is 20.7. The molecule has 2 aromatic rings. The first-order valence-electron chi connectivity index (χ1n) is 9.01. The van der Waals surface area contributed by atoms with E-state index in [1.807, 2.05) is 12.1 Å². The Morgan fingerprint density at radius 2 is 1.72 bits per heavy atom. The second kappa shape index (κ2) is 9.47. The molecule has 7 nitrogen and oxygen atoms in total. The van der Waals surface area contributed by atoms with Crippen molar-refractivity contribution >= 4 is 27.9 Å². The summed E-state index contributed by atoms with van der Waals surface area (Å²) in [5.41, 5.74) is 1.38. The summed E-state index contributed by atoms with van der Waals surface area (Å²) in [6, 6.07) is 13.3. The van der Waals surface area contributed by atoms with Crippen molar-refractivity contribution in [3.05, 3.63) is 69.8 Å². The van der Waals surface area contributed by atoms with Gasteiger partial charge in [0.1, 0.15) is 18.1 Å². The largest absolute Gasteiger partial charge is 0.497 e. The van der Waals surface area contributed by atoms with E-state index in [1.54, 1.807) is 50.4 Å². The van der Waals surface area contributed by atoms with Crippen molar-refractivity contribution in [2.45, 2.75) is 13.0 Å². The summed E-state index contributed by atoms with van der Waals surface area (Å²) < 4.78 is 17.1. The van der Waals surface area contributed by atoms with E-state index in [-0.39, 0.29) is 13.2 Å². The fraction of sp³-hybridized carbons (Fsp3) is 0.238. The molecule has 0 spiro atoms. The van der Waals surface area contributed by atoms with Crippen LogP contribution in [-0.4, -0.2) is 32.3 Å². The number of carbonyl (C=O) groups is 2. The maximum atomic E-state index is 12.7. The van der Waals surface area contributed by atoms with Crippen molar-refractivity contribution in [2.75, 3.05) is 20.3 Å². The van der Waals surface area contributed by atoms with E-state index in [0.717, 1.165) is 10.0 Å². The number of ether oxygens (including phenoxy) is 3. The summed E-state index contributed by atoms with van der Waals surface area (Å²) in [4.78, 5) is 25.0. The van der Waals surface area contributed by atoms with Gasteiger partial charge in [-0.15, -0.1) is 0 Å². The topological polar surface area (TPSA) is 85.9 Å². The van der Waals surface area contributed by atoms with Crippen LogP contribution in [0.3, 0.4) is 0 Å². The summed E-state index contributed by atoms with van der Waals surface area (Å²) in [5.74, 6) is 0.766. The standard InChI is InChI=1S/C21H21BrN2O5/c1-3-28-20(25)18-17(12-29-16-10-6-14(22)7-11-16)23-21(26)24-19(18)13-4-8-15(27-2)9-5-13/h4-11,19H,3,12H2,1-2H3,(H2,23,24,26)/t19-/m0/s1. The van der Waals surface area contributed by atoms with Crippen LogP contribution in [0.1, 0.15) is 18.5 Å². The monoisotopic (exact) mass is 460 g/mol. The molecule has 0 radical (unpaired) electrons. The van der Waals surface area contributed by atoms with Gasteiger partial charge in [-0.25, -0.2) is 9.59 Å². The lowest BCUT2D eigenvalue weighted by molar-refractivity contribution is -0.139. The molecule has 3 rings (SSSR count). The van der Waals surface area contributed by atoms with Gasteiger partial charge in [-0.3, -0.25) is 0 Å². The lowest BCUT2D eigenvalue weighted by Gasteiger charge is -2.29. The first-order valence-corrected chi connectivity index (χ1v) is 9.81. The van der Waals surface area contributed by atoms with Crippen molar-refractivity contribution in [1.82, 2.24) is 10.6 Å². The van der Waals surface area contributed by atoms with Gasteiger partial charge in [-0.1, -0.05) is 28.1 Å². The van der Waals surface area contributed by atoms with Crippen LogP contribution in [-0.2, 0) is 9.53 Å². The molecule has 0 fully saturated rings. The zero-order valence-corrected chi connectivity index (χ0v) is 17.6. The van der Waals surface area contributed by atoms with Gasteiger partial charge in [0.15, 0.2) is 0 Å². The third-order valence-electron chi connectivity index (χ3n) is 4.29. The molecule has 1 heterocycles. The maximum absolute atomic E-state index is 12.7. The van der Waals surface area contributed by atoms with Crippen molar-refractivity contribution in [3.8, 4) is 11.5 Å². The quantitative estimate of drug-likeness (QED) is 0.615. The molecule has 1 aliphatic rings. The Labute approximate surface area is 177 Å². The fourth-order valence-corrected chi connectivity index (χ4v) is 3.18. The number of nitrogens with one attached hydrogen (secondary N) is 2. The van der Waals surface area contributed by atoms with Crippen molar-refractivity contribution in [2.24, 2.45) is 0 Å². The van der Waals surface area contributed by atoms with E-state index in [9.17, 15) is 9.59 Å². The van der Waals surface area contributed by atoms with Gasteiger partial charge in [0.05, 0.1) is 31.0 Å². The molecule has 2 aromatic carbocycles. The second-order valence-electron chi connectivity index (χ2n) is 6.16. The van der Waals surface area contributed by atoms with E-state index >= 15 is 0 Å². The molecule has 2 N–H and O–H groups in total. The highest BCUT2D eigenvalue weighted by atomic mass is 79.9. The van der Waals surface area contributed by atoms with Gasteiger partial charge in [0, 0.05) is 4.47 Å². The average Bonchev–Trinajstić information content (AvgIpc) is 2.73. The van der Waals surface area contributed by atoms with E-state index in [0.29, 0.717) is 22.8 Å². The molecule has 0 unspecified atom stereocenters. The molecule has 0 aromatic heterocycles. The van der Waals surface area contributed by atoms with Crippen molar-refractivity contribution in [3.63, 3.8) is 0 Å². The molecule has 0 aliphatic carbocycles. The highest BCUT2D eigenvalue weighted by Crippen LogP contribution is 2.29. The molecular weight excluding hydrogens is 440 g/mol. The number of methoxy groups -OCH3 is 1. The number of urea groups is 1. The third kappa shape index (κ3) is 5.08. The minimum atomic E-state index is -0.669. The number of hydrogen-bond acceptors (Lipinski definition) is 5. The minimum absolute atomic E-state index is 0.00978. The van der Waals surface area contributed by atoms with Crippen LogP contribution in [0.25, 0.3) is 0 Å². The van der Waals surface area contributed by atoms with Crippen molar-refractivity contribution < 1.29 is 23.8 Å². The third-order valence-corrected chi connectivity index (χ3v) is 4.82. The van der Waals surface area contributed by atoms with E-state index in [2.05, 4.69) is 26.6 Å². The van der Waals surface area contributed by atoms with Crippen LogP contribution in [0.15, 0.2) is 64.3 Å². The Kier molecular flexibility index (Phi) is 6.77. The number of hydrogen-bond donors (Lipinski definition) is 2. The predicted molar refractivity (Wildman–Crippen MR) is 111 cm³/mol. The van der Waals surface area contributed by atoms with Crippen LogP contribution in [0.4, 0.5) is 4.79 Å². The zero-order chi connectivity index (χ0) is 20.8. The second-order valence-corrected chi connectivity index (χ2v) is 7.08. The van der Waals surface area contributed by atoms with Crippen LogP contribution in [0.5, 0.6) is 11.5 Å². The molecule has 0 saturated carbocycles. The number of benzene rings is 2. The van der Waals surface area contributed by atoms with Crippen LogP contribution in [0.2, 0.25) is 0 Å². The summed E-state index contributed by atoms with van der Waals surface area (Å²) in [6.45, 7) is 1.95. The van der Waals surface area contributed by atoms with Gasteiger partial charge >= 0.3 is 12.0 Å². The summed E-state index contributed by atoms with van der Waals surface area (Å²) in [5, 5.41) is 5.46. The molecular formula is C21H21BrN2O5. The highest BCUT2D eigenvalue weighted by Gasteiger charge is 2.34. The molecule has 29 heavy (non-hydrogen) atoms. The van der Waals surface area contributed by atoms with Crippen molar-refractivity contribution in [1.29, 1.82) is 0 Å². The number of esters is 1. The molecule has 0 saturated heterocycles. The van der Waals surface area contributed by atoms with E-state index in [1.165, 1.54) is 0 Å². The number of halogens is 1. The van der Waals surface area contributed by atoms with E-state index in [4.69, 9.17) is 14.2 Å². The van der Waals surface area contributed by atoms with Gasteiger partial charge in [0.2, 0.25) is 0 Å². The SMILES string of the molecule is CCOC(=O)C1=C(COc2ccc(Br)cc2)NC(=O)N[C@H]1c1ccc(OC)cc1. The molecule has 2 amide bonds.